The van der Waals surface area contributed by atoms with E-state index in [4.69, 9.17) is 11.5 Å². The van der Waals surface area contributed by atoms with E-state index in [1.165, 1.54) is 12.5 Å². The van der Waals surface area contributed by atoms with Crippen LogP contribution in [0.2, 0.25) is 0 Å². The monoisotopic (exact) mass is 598 g/mol. The van der Waals surface area contributed by atoms with Crippen molar-refractivity contribution >= 4 is 40.6 Å². The largest absolute Gasteiger partial charge is 0.481 e. The van der Waals surface area contributed by atoms with Crippen molar-refractivity contribution in [1.29, 1.82) is 0 Å². The van der Waals surface area contributed by atoms with Gasteiger partial charge in [0.2, 0.25) is 17.7 Å². The molecule has 1 aromatic carbocycles. The number of unbranched alkanes of at least 4 members (excludes halogenated alkanes) is 1. The number of nitrogens with zero attached hydrogens (tertiary/aromatic N) is 1. The van der Waals surface area contributed by atoms with Crippen LogP contribution in [0.15, 0.2) is 43.0 Å². The Bertz CT molecular complexity index is 1390. The predicted molar refractivity (Wildman–Crippen MR) is 155 cm³/mol. The van der Waals surface area contributed by atoms with Gasteiger partial charge in [-0.1, -0.05) is 18.2 Å². The number of aliphatic carboxylic acids is 2. The Morgan fingerprint density at radius 1 is 0.860 bits per heavy atom. The molecule has 0 saturated heterocycles. The normalized spacial score (nSPS) is 13.9. The van der Waals surface area contributed by atoms with Gasteiger partial charge in [-0.25, -0.2) is 9.78 Å². The summed E-state index contributed by atoms with van der Waals surface area (Å²) in [4.78, 5) is 72.7. The first kappa shape index (κ1) is 32.8. The molecule has 0 bridgehead atoms. The predicted octanol–water partition coefficient (Wildman–Crippen LogP) is -0.464. The van der Waals surface area contributed by atoms with Gasteiger partial charge >= 0.3 is 11.9 Å². The Morgan fingerprint density at radius 3 is 2.23 bits per heavy atom. The second-order valence-corrected chi connectivity index (χ2v) is 10.2. The first-order chi connectivity index (χ1) is 20.6. The fourth-order valence-corrected chi connectivity index (χ4v) is 4.57. The summed E-state index contributed by atoms with van der Waals surface area (Å²) in [6.07, 6.45) is 5.13. The minimum absolute atomic E-state index is 0.0182. The van der Waals surface area contributed by atoms with Crippen molar-refractivity contribution in [2.24, 2.45) is 11.5 Å². The molecule has 2 heterocycles. The van der Waals surface area contributed by atoms with Crippen molar-refractivity contribution in [1.82, 2.24) is 30.9 Å². The molecule has 4 atom stereocenters. The van der Waals surface area contributed by atoms with Gasteiger partial charge in [0.1, 0.15) is 18.1 Å². The van der Waals surface area contributed by atoms with Gasteiger partial charge in [0.05, 0.1) is 12.4 Å². The summed E-state index contributed by atoms with van der Waals surface area (Å²) in [5.74, 6) is -4.70. The molecular weight excluding hydrogens is 560 g/mol. The lowest BCUT2D eigenvalue weighted by Crippen LogP contribution is -2.57. The number of nitrogens with one attached hydrogen (secondary N) is 5. The lowest BCUT2D eigenvalue weighted by molar-refractivity contribution is -0.142. The fraction of sp³-hybridized carbons (Fsp3) is 0.429. The Hall–Kier alpha value is -4.76. The zero-order chi connectivity index (χ0) is 31.4. The van der Waals surface area contributed by atoms with Gasteiger partial charge < -0.3 is 47.6 Å². The van der Waals surface area contributed by atoms with Crippen molar-refractivity contribution < 1.29 is 34.2 Å². The number of benzene rings is 1. The molecule has 3 rings (SSSR count). The summed E-state index contributed by atoms with van der Waals surface area (Å²) in [5, 5.41) is 27.3. The second-order valence-electron chi connectivity index (χ2n) is 10.2. The molecule has 3 aromatic rings. The molecule has 0 aliphatic heterocycles. The number of para-hydroxylation sites is 1. The van der Waals surface area contributed by atoms with Crippen molar-refractivity contribution in [2.75, 3.05) is 6.54 Å². The summed E-state index contributed by atoms with van der Waals surface area (Å²) in [6.45, 7) is 0.370. The molecule has 0 fully saturated rings. The molecule has 11 N–H and O–H groups in total. The van der Waals surface area contributed by atoms with Gasteiger partial charge in [-0.3, -0.25) is 19.2 Å². The molecule has 0 saturated carbocycles. The molecule has 0 radical (unpaired) electrons. The van der Waals surface area contributed by atoms with Gasteiger partial charge in [-0.15, -0.1) is 0 Å². The zero-order valence-electron chi connectivity index (χ0n) is 23.5. The number of carboxylic acid groups (broad SMARTS) is 2. The van der Waals surface area contributed by atoms with Crippen LogP contribution in [0.25, 0.3) is 10.9 Å². The van der Waals surface area contributed by atoms with Crippen LogP contribution in [0.3, 0.4) is 0 Å². The van der Waals surface area contributed by atoms with Crippen LogP contribution in [0.5, 0.6) is 0 Å². The molecule has 2 aromatic heterocycles. The number of amides is 3. The highest BCUT2D eigenvalue weighted by Gasteiger charge is 2.31. The van der Waals surface area contributed by atoms with Crippen molar-refractivity contribution in [3.05, 3.63) is 54.2 Å². The molecule has 0 aliphatic rings. The number of hydrogen-bond acceptors (Lipinski definition) is 8. The molecule has 0 spiro atoms. The molecule has 0 aliphatic carbocycles. The number of H-pyrrole nitrogens is 2. The van der Waals surface area contributed by atoms with Crippen LogP contribution >= 0.6 is 0 Å². The lowest BCUT2D eigenvalue weighted by atomic mass is 10.0. The number of nitrogens with two attached hydrogens (primary N) is 2. The van der Waals surface area contributed by atoms with E-state index in [9.17, 15) is 34.2 Å². The number of imidazole rings is 1. The number of aromatic amines is 2. The fourth-order valence-electron chi connectivity index (χ4n) is 4.57. The maximum Gasteiger partial charge on any atom is 0.326 e. The molecular formula is C28H38N8O7. The van der Waals surface area contributed by atoms with Crippen LogP contribution in [-0.4, -0.2) is 85.5 Å². The van der Waals surface area contributed by atoms with E-state index in [1.54, 1.807) is 6.20 Å². The van der Waals surface area contributed by atoms with E-state index in [0.717, 1.165) is 10.9 Å². The minimum atomic E-state index is -1.34. The highest BCUT2D eigenvalue weighted by molar-refractivity contribution is 5.95. The quantitative estimate of drug-likeness (QED) is 0.0851. The maximum absolute atomic E-state index is 13.5. The number of fused-ring (bicyclic) bond motifs is 1. The van der Waals surface area contributed by atoms with E-state index >= 15 is 0 Å². The van der Waals surface area contributed by atoms with Crippen LogP contribution in [-0.2, 0) is 36.8 Å². The van der Waals surface area contributed by atoms with E-state index in [0.29, 0.717) is 30.6 Å². The van der Waals surface area contributed by atoms with E-state index in [1.807, 2.05) is 24.3 Å². The number of hydrogen-bond donors (Lipinski definition) is 9. The van der Waals surface area contributed by atoms with Crippen molar-refractivity contribution in [3.63, 3.8) is 0 Å². The molecule has 4 unspecified atom stereocenters. The topological polar surface area (TPSA) is 258 Å². The maximum atomic E-state index is 13.5. The molecule has 15 nitrogen and oxygen atoms in total. The lowest BCUT2D eigenvalue weighted by Gasteiger charge is -2.25. The zero-order valence-corrected chi connectivity index (χ0v) is 23.5. The Morgan fingerprint density at radius 2 is 1.56 bits per heavy atom. The van der Waals surface area contributed by atoms with Crippen LogP contribution in [0.4, 0.5) is 0 Å². The highest BCUT2D eigenvalue weighted by atomic mass is 16.4. The Labute approximate surface area is 247 Å². The molecule has 15 heteroatoms. The Balaban J connectivity index is 1.82. The van der Waals surface area contributed by atoms with Crippen LogP contribution in [0, 0.1) is 0 Å². The van der Waals surface area contributed by atoms with E-state index in [-0.39, 0.29) is 25.7 Å². The number of aromatic nitrogens is 3. The van der Waals surface area contributed by atoms with Gasteiger partial charge in [-0.2, -0.15) is 0 Å². The summed E-state index contributed by atoms with van der Waals surface area (Å²) < 4.78 is 0. The smallest absolute Gasteiger partial charge is 0.326 e. The number of carboxylic acids is 2. The third-order valence-corrected chi connectivity index (χ3v) is 6.90. The second kappa shape index (κ2) is 16.0. The average molecular weight is 599 g/mol. The standard InChI is InChI=1S/C28H38N8O7/c29-10-4-3-7-22(28(42)43)35-27(41)23(11-16-13-32-20-6-2-1-5-18(16)20)36-26(40)21(8-9-24(37)38)34-25(39)19(30)12-17-14-31-15-33-17/h1-2,5-6,13-15,19,21-23,32H,3-4,7-12,29-30H2,(H,31,33)(H,34,39)(H,35,41)(H,36,40)(H,37,38)(H,42,43). The number of carbonyl (C=O) groups is 5. The summed E-state index contributed by atoms with van der Waals surface area (Å²) in [6, 6.07) is 2.44. The molecule has 232 valence electrons. The van der Waals surface area contributed by atoms with Gasteiger partial charge in [0.15, 0.2) is 0 Å². The van der Waals surface area contributed by atoms with E-state index in [2.05, 4.69) is 30.9 Å². The van der Waals surface area contributed by atoms with Gasteiger partial charge in [-0.05, 0) is 43.9 Å². The van der Waals surface area contributed by atoms with Gasteiger partial charge in [0.25, 0.3) is 0 Å². The van der Waals surface area contributed by atoms with Gasteiger partial charge in [0, 0.05) is 48.3 Å². The van der Waals surface area contributed by atoms with Crippen LogP contribution < -0.4 is 27.4 Å². The third-order valence-electron chi connectivity index (χ3n) is 6.90. The first-order valence-electron chi connectivity index (χ1n) is 13.9. The Kier molecular flexibility index (Phi) is 12.2. The molecule has 3 amide bonds. The minimum Gasteiger partial charge on any atom is -0.481 e. The average Bonchev–Trinajstić information content (AvgIpc) is 3.64. The van der Waals surface area contributed by atoms with E-state index < -0.39 is 60.2 Å². The highest BCUT2D eigenvalue weighted by Crippen LogP contribution is 2.19. The first-order valence-corrected chi connectivity index (χ1v) is 13.9. The van der Waals surface area contributed by atoms with Crippen LogP contribution in [0.1, 0.15) is 43.4 Å². The third kappa shape index (κ3) is 9.93. The number of rotatable bonds is 18. The summed E-state index contributed by atoms with van der Waals surface area (Å²) in [7, 11) is 0. The van der Waals surface area contributed by atoms with Crippen molar-refractivity contribution in [2.45, 2.75) is 69.1 Å². The number of carbonyl (C=O) groups excluding carboxylic acids is 3. The van der Waals surface area contributed by atoms with Crippen molar-refractivity contribution in [3.8, 4) is 0 Å². The summed E-state index contributed by atoms with van der Waals surface area (Å²) >= 11 is 0. The summed E-state index contributed by atoms with van der Waals surface area (Å²) in [5.41, 5.74) is 13.6. The SMILES string of the molecule is NCCCCC(NC(=O)C(Cc1c[nH]c2ccccc12)NC(=O)C(CCC(=O)O)NC(=O)C(N)Cc1cnc[nH]1)C(=O)O. The molecule has 43 heavy (non-hydrogen) atoms.